The summed E-state index contributed by atoms with van der Waals surface area (Å²) in [7, 11) is 0. The number of nitrogens with zero attached hydrogens (tertiary/aromatic N) is 1. The van der Waals surface area contributed by atoms with Crippen LogP contribution in [0.4, 0.5) is 13.2 Å². The highest BCUT2D eigenvalue weighted by molar-refractivity contribution is 5.97. The summed E-state index contributed by atoms with van der Waals surface area (Å²) in [5.74, 6) is -3.59. The maximum Gasteiger partial charge on any atom is 0.198 e. The fraction of sp³-hybridized carbons (Fsp3) is 0. The van der Waals surface area contributed by atoms with Crippen LogP contribution >= 0.6 is 0 Å². The standard InChI is InChI=1S/C13H9F3N2O2/c14-8-1-3-9(4-2-8)20-12-10(15)5-7(6-11(12)16)13(17)18-19/h1-6,19H,(H2,17,18). The van der Waals surface area contributed by atoms with Crippen LogP contribution in [0.25, 0.3) is 0 Å². The molecular formula is C13H9F3N2O2. The smallest absolute Gasteiger partial charge is 0.198 e. The average Bonchev–Trinajstić information content (AvgIpc) is 2.43. The van der Waals surface area contributed by atoms with Gasteiger partial charge in [0.15, 0.2) is 23.2 Å². The number of halogens is 3. The van der Waals surface area contributed by atoms with Crippen LogP contribution in [0, 0.1) is 17.5 Å². The molecule has 2 aromatic carbocycles. The Balaban J connectivity index is 2.35. The van der Waals surface area contributed by atoms with E-state index in [0.717, 1.165) is 24.3 Å². The van der Waals surface area contributed by atoms with E-state index in [0.29, 0.717) is 0 Å². The first-order chi connectivity index (χ1) is 9.51. The molecule has 7 heteroatoms. The van der Waals surface area contributed by atoms with Gasteiger partial charge in [-0.05, 0) is 36.4 Å². The van der Waals surface area contributed by atoms with Crippen molar-refractivity contribution in [1.29, 1.82) is 0 Å². The number of benzene rings is 2. The second-order valence-electron chi connectivity index (χ2n) is 3.81. The molecule has 0 bridgehead atoms. The SMILES string of the molecule is N/C(=N/O)c1cc(F)c(Oc2ccc(F)cc2)c(F)c1. The fourth-order valence-electron chi connectivity index (χ4n) is 1.48. The predicted molar refractivity (Wildman–Crippen MR) is 65.3 cm³/mol. The van der Waals surface area contributed by atoms with E-state index < -0.39 is 29.0 Å². The topological polar surface area (TPSA) is 67.8 Å². The van der Waals surface area contributed by atoms with Crippen LogP contribution in [0.2, 0.25) is 0 Å². The summed E-state index contributed by atoms with van der Waals surface area (Å²) in [6.45, 7) is 0. The highest BCUT2D eigenvalue weighted by atomic mass is 19.1. The molecular weight excluding hydrogens is 273 g/mol. The number of nitrogens with two attached hydrogens (primary N) is 1. The summed E-state index contributed by atoms with van der Waals surface area (Å²) >= 11 is 0. The van der Waals surface area contributed by atoms with Gasteiger partial charge in [0.25, 0.3) is 0 Å². The molecule has 2 rings (SSSR count). The Hall–Kier alpha value is -2.70. The van der Waals surface area contributed by atoms with Gasteiger partial charge in [-0.1, -0.05) is 5.16 Å². The van der Waals surface area contributed by atoms with Gasteiger partial charge in [0.1, 0.15) is 11.6 Å². The van der Waals surface area contributed by atoms with E-state index in [4.69, 9.17) is 15.7 Å². The van der Waals surface area contributed by atoms with Crippen molar-refractivity contribution in [1.82, 2.24) is 0 Å². The largest absolute Gasteiger partial charge is 0.451 e. The lowest BCUT2D eigenvalue weighted by molar-refractivity contribution is 0.318. The van der Waals surface area contributed by atoms with Crippen molar-refractivity contribution in [2.45, 2.75) is 0 Å². The van der Waals surface area contributed by atoms with Crippen LogP contribution in [0.1, 0.15) is 5.56 Å². The second-order valence-corrected chi connectivity index (χ2v) is 3.81. The molecule has 0 heterocycles. The zero-order valence-corrected chi connectivity index (χ0v) is 9.98. The monoisotopic (exact) mass is 282 g/mol. The highest BCUT2D eigenvalue weighted by Gasteiger charge is 2.15. The van der Waals surface area contributed by atoms with Crippen molar-refractivity contribution in [3.8, 4) is 11.5 Å². The van der Waals surface area contributed by atoms with Gasteiger partial charge >= 0.3 is 0 Å². The predicted octanol–water partition coefficient (Wildman–Crippen LogP) is 2.99. The lowest BCUT2D eigenvalue weighted by Crippen LogP contribution is -2.14. The van der Waals surface area contributed by atoms with Crippen molar-refractivity contribution in [3.63, 3.8) is 0 Å². The number of hydrogen-bond acceptors (Lipinski definition) is 3. The first-order valence-corrected chi connectivity index (χ1v) is 5.41. The summed E-state index contributed by atoms with van der Waals surface area (Å²) in [6, 6.07) is 6.36. The Morgan fingerprint density at radius 2 is 1.60 bits per heavy atom. The molecule has 104 valence electrons. The van der Waals surface area contributed by atoms with Gasteiger partial charge in [0, 0.05) is 5.56 Å². The van der Waals surface area contributed by atoms with Gasteiger partial charge in [-0.3, -0.25) is 0 Å². The molecule has 0 unspecified atom stereocenters. The van der Waals surface area contributed by atoms with Gasteiger partial charge in [0.05, 0.1) is 0 Å². The highest BCUT2D eigenvalue weighted by Crippen LogP contribution is 2.28. The van der Waals surface area contributed by atoms with Crippen molar-refractivity contribution < 1.29 is 23.1 Å². The molecule has 3 N–H and O–H groups in total. The Morgan fingerprint density at radius 3 is 2.10 bits per heavy atom. The molecule has 0 saturated carbocycles. The molecule has 0 amide bonds. The van der Waals surface area contributed by atoms with E-state index >= 15 is 0 Å². The molecule has 0 atom stereocenters. The molecule has 0 aliphatic rings. The Morgan fingerprint density at radius 1 is 1.05 bits per heavy atom. The minimum Gasteiger partial charge on any atom is -0.451 e. The van der Waals surface area contributed by atoms with E-state index in [2.05, 4.69) is 5.16 Å². The first kappa shape index (κ1) is 13.7. The summed E-state index contributed by atoms with van der Waals surface area (Å²) in [5.41, 5.74) is 5.10. The summed E-state index contributed by atoms with van der Waals surface area (Å²) < 4.78 is 45.2. The summed E-state index contributed by atoms with van der Waals surface area (Å²) in [6.07, 6.45) is 0. The number of ether oxygens (including phenoxy) is 1. The molecule has 20 heavy (non-hydrogen) atoms. The molecule has 0 radical (unpaired) electrons. The molecule has 0 aromatic heterocycles. The maximum atomic E-state index is 13.7. The summed E-state index contributed by atoms with van der Waals surface area (Å²) in [5, 5.41) is 11.1. The fourth-order valence-corrected chi connectivity index (χ4v) is 1.48. The maximum absolute atomic E-state index is 13.7. The van der Waals surface area contributed by atoms with Gasteiger partial charge in [-0.15, -0.1) is 0 Å². The van der Waals surface area contributed by atoms with Crippen LogP contribution in [-0.4, -0.2) is 11.0 Å². The van der Waals surface area contributed by atoms with Gasteiger partial charge < -0.3 is 15.7 Å². The van der Waals surface area contributed by atoms with E-state index in [1.54, 1.807) is 0 Å². The van der Waals surface area contributed by atoms with E-state index in [-0.39, 0.29) is 11.3 Å². The quantitative estimate of drug-likeness (QED) is 0.393. The minimum atomic E-state index is -1.03. The zero-order valence-electron chi connectivity index (χ0n) is 9.98. The Kier molecular flexibility index (Phi) is 3.79. The lowest BCUT2D eigenvalue weighted by Gasteiger charge is -2.09. The van der Waals surface area contributed by atoms with Crippen LogP contribution in [0.3, 0.4) is 0 Å². The number of rotatable bonds is 3. The lowest BCUT2D eigenvalue weighted by atomic mass is 10.2. The van der Waals surface area contributed by atoms with Crippen LogP contribution in [0.5, 0.6) is 11.5 Å². The van der Waals surface area contributed by atoms with Crippen molar-refractivity contribution in [2.75, 3.05) is 0 Å². The average molecular weight is 282 g/mol. The third-order valence-corrected chi connectivity index (χ3v) is 2.44. The van der Waals surface area contributed by atoms with Crippen molar-refractivity contribution in [2.24, 2.45) is 10.9 Å². The molecule has 0 spiro atoms. The molecule has 0 saturated heterocycles. The van der Waals surface area contributed by atoms with Gasteiger partial charge in [-0.2, -0.15) is 0 Å². The van der Waals surface area contributed by atoms with Crippen molar-refractivity contribution in [3.05, 3.63) is 59.4 Å². The third kappa shape index (κ3) is 2.82. The number of hydrogen-bond donors (Lipinski definition) is 2. The molecule has 2 aromatic rings. The Bertz CT molecular complexity index is 634. The van der Waals surface area contributed by atoms with Crippen LogP contribution < -0.4 is 10.5 Å². The third-order valence-electron chi connectivity index (χ3n) is 2.44. The van der Waals surface area contributed by atoms with Crippen molar-refractivity contribution >= 4 is 5.84 Å². The van der Waals surface area contributed by atoms with E-state index in [9.17, 15) is 13.2 Å². The van der Waals surface area contributed by atoms with Gasteiger partial charge in [0.2, 0.25) is 0 Å². The molecule has 4 nitrogen and oxygen atoms in total. The molecule has 0 aliphatic heterocycles. The number of oxime groups is 1. The second kappa shape index (κ2) is 5.52. The zero-order chi connectivity index (χ0) is 14.7. The molecule has 0 fully saturated rings. The first-order valence-electron chi connectivity index (χ1n) is 5.41. The number of amidine groups is 1. The normalized spacial score (nSPS) is 11.4. The Labute approximate surface area is 111 Å². The van der Waals surface area contributed by atoms with E-state index in [1.807, 2.05) is 0 Å². The minimum absolute atomic E-state index is 0.0701. The van der Waals surface area contributed by atoms with Crippen LogP contribution in [-0.2, 0) is 0 Å². The van der Waals surface area contributed by atoms with Crippen LogP contribution in [0.15, 0.2) is 41.6 Å². The van der Waals surface area contributed by atoms with Gasteiger partial charge in [-0.25, -0.2) is 13.2 Å². The van der Waals surface area contributed by atoms with E-state index in [1.165, 1.54) is 12.1 Å². The molecule has 0 aliphatic carbocycles. The summed E-state index contributed by atoms with van der Waals surface area (Å²) in [4.78, 5) is 0.